The maximum atomic E-state index is 12.9. The van der Waals surface area contributed by atoms with Crippen LogP contribution in [0.4, 0.5) is 10.2 Å². The maximum absolute atomic E-state index is 12.9. The largest absolute Gasteiger partial charge is 0.454 e. The molecule has 0 aliphatic heterocycles. The van der Waals surface area contributed by atoms with Gasteiger partial charge in [-0.15, -0.1) is 11.8 Å². The second-order valence-electron chi connectivity index (χ2n) is 5.37. The number of hydrogen-bond donors (Lipinski definition) is 1. The molecule has 1 aromatic heterocycles. The molecule has 0 saturated carbocycles. The molecule has 0 bridgehead atoms. The molecule has 9 heteroatoms. The molecule has 1 aromatic carbocycles. The van der Waals surface area contributed by atoms with Crippen LogP contribution in [0.25, 0.3) is 0 Å². The minimum absolute atomic E-state index is 0.0152. The van der Waals surface area contributed by atoms with Crippen molar-refractivity contribution in [1.29, 1.82) is 0 Å². The highest BCUT2D eigenvalue weighted by Crippen LogP contribution is 2.11. The monoisotopic (exact) mass is 380 g/mol. The summed E-state index contributed by atoms with van der Waals surface area (Å²) in [6, 6.07) is 6.54. The van der Waals surface area contributed by atoms with E-state index in [1.54, 1.807) is 13.0 Å². The number of ether oxygens (including phenoxy) is 1. The number of esters is 1. The van der Waals surface area contributed by atoms with Crippen molar-refractivity contribution in [2.75, 3.05) is 16.8 Å². The SMILES string of the molecule is Cc1cc(NC(=O)CSCC(=O)O[C@@H](C)C(=O)c2ccc(F)cc2)no1. The first-order valence-electron chi connectivity index (χ1n) is 7.65. The fraction of sp³-hybridized carbons (Fsp3) is 0.294. The van der Waals surface area contributed by atoms with E-state index in [9.17, 15) is 18.8 Å². The van der Waals surface area contributed by atoms with Gasteiger partial charge in [-0.2, -0.15) is 0 Å². The van der Waals surface area contributed by atoms with Crippen molar-refractivity contribution in [1.82, 2.24) is 5.16 Å². The van der Waals surface area contributed by atoms with Gasteiger partial charge in [0.05, 0.1) is 11.5 Å². The van der Waals surface area contributed by atoms with Crippen LogP contribution in [-0.2, 0) is 14.3 Å². The molecule has 0 unspecified atom stereocenters. The number of Topliss-reactive ketones (excluding diaryl/α,β-unsaturated/α-hetero) is 1. The third-order valence-corrected chi connectivity index (χ3v) is 4.06. The number of ketones is 1. The molecular weight excluding hydrogens is 363 g/mol. The molecule has 0 fully saturated rings. The van der Waals surface area contributed by atoms with Gasteiger partial charge in [-0.05, 0) is 38.1 Å². The number of benzene rings is 1. The summed E-state index contributed by atoms with van der Waals surface area (Å²) in [4.78, 5) is 35.6. The van der Waals surface area contributed by atoms with Gasteiger partial charge in [0.15, 0.2) is 11.9 Å². The van der Waals surface area contributed by atoms with Gasteiger partial charge in [-0.25, -0.2) is 4.39 Å². The lowest BCUT2D eigenvalue weighted by molar-refractivity contribution is -0.143. The summed E-state index contributed by atoms with van der Waals surface area (Å²) >= 11 is 1.04. The molecule has 2 aromatic rings. The average Bonchev–Trinajstić information content (AvgIpc) is 2.99. The Morgan fingerprint density at radius 3 is 2.58 bits per heavy atom. The number of rotatable bonds is 8. The number of aromatic nitrogens is 1. The van der Waals surface area contributed by atoms with E-state index >= 15 is 0 Å². The lowest BCUT2D eigenvalue weighted by Crippen LogP contribution is -2.25. The van der Waals surface area contributed by atoms with Crippen LogP contribution in [0.3, 0.4) is 0 Å². The number of carbonyl (C=O) groups excluding carboxylic acids is 3. The van der Waals surface area contributed by atoms with E-state index in [4.69, 9.17) is 9.26 Å². The van der Waals surface area contributed by atoms with Crippen molar-refractivity contribution < 1.29 is 28.0 Å². The quantitative estimate of drug-likeness (QED) is 0.555. The molecule has 0 aliphatic carbocycles. The second-order valence-corrected chi connectivity index (χ2v) is 6.35. The molecule has 2 rings (SSSR count). The zero-order chi connectivity index (χ0) is 19.1. The molecule has 7 nitrogen and oxygen atoms in total. The Hall–Kier alpha value is -2.68. The number of carbonyl (C=O) groups is 3. The van der Waals surface area contributed by atoms with Crippen LogP contribution in [0, 0.1) is 12.7 Å². The van der Waals surface area contributed by atoms with E-state index in [1.807, 2.05) is 0 Å². The third kappa shape index (κ3) is 5.99. The summed E-state index contributed by atoms with van der Waals surface area (Å²) in [5.74, 6) is -1.06. The number of nitrogens with zero attached hydrogens (tertiary/aromatic N) is 1. The molecule has 0 spiro atoms. The predicted octanol–water partition coefficient (Wildman–Crippen LogP) is 2.61. The minimum Gasteiger partial charge on any atom is -0.454 e. The highest BCUT2D eigenvalue weighted by Gasteiger charge is 2.19. The highest BCUT2D eigenvalue weighted by atomic mass is 32.2. The van der Waals surface area contributed by atoms with Crippen LogP contribution in [0.15, 0.2) is 34.9 Å². The molecule has 0 aliphatic rings. The Morgan fingerprint density at radius 1 is 1.27 bits per heavy atom. The summed E-state index contributed by atoms with van der Waals surface area (Å²) in [6.45, 7) is 3.13. The topological polar surface area (TPSA) is 98.5 Å². The standard InChI is InChI=1S/C17H17FN2O5S/c1-10-7-14(20-25-10)19-15(21)8-26-9-16(22)24-11(2)17(23)12-3-5-13(18)6-4-12/h3-7,11H,8-9H2,1-2H3,(H,19,20,21)/t11-/m0/s1. The molecule has 1 heterocycles. The van der Waals surface area contributed by atoms with E-state index in [0.29, 0.717) is 11.6 Å². The molecule has 0 radical (unpaired) electrons. The lowest BCUT2D eigenvalue weighted by atomic mass is 10.1. The first-order chi connectivity index (χ1) is 12.3. The Labute approximate surface area is 153 Å². The van der Waals surface area contributed by atoms with Crippen LogP contribution in [-0.4, -0.2) is 40.4 Å². The van der Waals surface area contributed by atoms with Crippen molar-refractivity contribution in [2.45, 2.75) is 20.0 Å². The predicted molar refractivity (Wildman–Crippen MR) is 93.5 cm³/mol. The van der Waals surface area contributed by atoms with Gasteiger partial charge >= 0.3 is 5.97 Å². The maximum Gasteiger partial charge on any atom is 0.316 e. The van der Waals surface area contributed by atoms with Crippen LogP contribution in [0.2, 0.25) is 0 Å². The number of halogens is 1. The minimum atomic E-state index is -1.000. The summed E-state index contributed by atoms with van der Waals surface area (Å²) in [5, 5.41) is 6.14. The summed E-state index contributed by atoms with van der Waals surface area (Å²) < 4.78 is 22.7. The van der Waals surface area contributed by atoms with E-state index in [2.05, 4.69) is 10.5 Å². The van der Waals surface area contributed by atoms with E-state index < -0.39 is 23.7 Å². The van der Waals surface area contributed by atoms with Gasteiger partial charge in [-0.1, -0.05) is 5.16 Å². The first-order valence-corrected chi connectivity index (χ1v) is 8.81. The van der Waals surface area contributed by atoms with Crippen molar-refractivity contribution in [3.63, 3.8) is 0 Å². The zero-order valence-electron chi connectivity index (χ0n) is 14.2. The Balaban J connectivity index is 1.71. The number of anilines is 1. The van der Waals surface area contributed by atoms with E-state index in [-0.39, 0.29) is 23.0 Å². The van der Waals surface area contributed by atoms with Gasteiger partial charge in [0.2, 0.25) is 11.7 Å². The highest BCUT2D eigenvalue weighted by molar-refractivity contribution is 8.00. The zero-order valence-corrected chi connectivity index (χ0v) is 15.0. The summed E-state index contributed by atoms with van der Waals surface area (Å²) in [7, 11) is 0. The van der Waals surface area contributed by atoms with E-state index in [0.717, 1.165) is 23.9 Å². The lowest BCUT2D eigenvalue weighted by Gasteiger charge is -2.12. The smallest absolute Gasteiger partial charge is 0.316 e. The molecule has 1 amide bonds. The first kappa shape index (κ1) is 19.6. The van der Waals surface area contributed by atoms with Gasteiger partial charge in [-0.3, -0.25) is 14.4 Å². The van der Waals surface area contributed by atoms with Crippen molar-refractivity contribution in [2.24, 2.45) is 0 Å². The van der Waals surface area contributed by atoms with Crippen molar-refractivity contribution in [3.05, 3.63) is 47.5 Å². The number of thioether (sulfide) groups is 1. The van der Waals surface area contributed by atoms with Crippen LogP contribution in [0.5, 0.6) is 0 Å². The molecule has 26 heavy (non-hydrogen) atoms. The molecule has 138 valence electrons. The number of amides is 1. The van der Waals surface area contributed by atoms with Gasteiger partial charge in [0.25, 0.3) is 0 Å². The Morgan fingerprint density at radius 2 is 1.96 bits per heavy atom. The Kier molecular flexibility index (Phi) is 6.90. The van der Waals surface area contributed by atoms with Crippen LogP contribution < -0.4 is 5.32 Å². The fourth-order valence-electron chi connectivity index (χ4n) is 1.96. The average molecular weight is 380 g/mol. The summed E-state index contributed by atoms with van der Waals surface area (Å²) in [5.41, 5.74) is 0.252. The molecule has 0 saturated heterocycles. The third-order valence-electron chi connectivity index (χ3n) is 3.15. The number of aryl methyl sites for hydroxylation is 1. The van der Waals surface area contributed by atoms with Gasteiger partial charge in [0, 0.05) is 11.6 Å². The van der Waals surface area contributed by atoms with Crippen LogP contribution >= 0.6 is 11.8 Å². The molecule has 1 atom stereocenters. The normalized spacial score (nSPS) is 11.7. The molecular formula is C17H17FN2O5S. The number of nitrogens with one attached hydrogen (secondary N) is 1. The van der Waals surface area contributed by atoms with Crippen LogP contribution in [0.1, 0.15) is 23.0 Å². The van der Waals surface area contributed by atoms with Gasteiger partial charge < -0.3 is 14.6 Å². The van der Waals surface area contributed by atoms with Crippen molar-refractivity contribution in [3.8, 4) is 0 Å². The fourth-order valence-corrected chi connectivity index (χ4v) is 2.56. The molecule has 1 N–H and O–H groups in total. The number of hydrogen-bond acceptors (Lipinski definition) is 7. The van der Waals surface area contributed by atoms with Gasteiger partial charge in [0.1, 0.15) is 11.6 Å². The summed E-state index contributed by atoms with van der Waals surface area (Å²) in [6.07, 6.45) is -1.000. The van der Waals surface area contributed by atoms with E-state index in [1.165, 1.54) is 19.1 Å². The second kappa shape index (κ2) is 9.14. The Bertz CT molecular complexity index is 791. The van der Waals surface area contributed by atoms with Crippen molar-refractivity contribution >= 4 is 35.2 Å².